The molecule has 0 amide bonds. The zero-order valence-electron chi connectivity index (χ0n) is 7.29. The molecule has 1 unspecified atom stereocenters. The van der Waals surface area contributed by atoms with E-state index in [0.29, 0.717) is 6.54 Å². The second kappa shape index (κ2) is 5.10. The number of nitrogens with zero attached hydrogens (tertiary/aromatic N) is 1. The number of aliphatic hydroxyl groups excluding tert-OH is 1. The maximum Gasteiger partial charge on any atom is 0.394 e. The SMILES string of the molecule is N=C(N)N1CCC(O)C1.O=S(=O)(O)O. The van der Waals surface area contributed by atoms with E-state index >= 15 is 0 Å². The van der Waals surface area contributed by atoms with Crippen molar-refractivity contribution in [3.63, 3.8) is 0 Å². The van der Waals surface area contributed by atoms with E-state index in [0.717, 1.165) is 13.0 Å². The molecule has 0 aliphatic carbocycles. The third-order valence-corrected chi connectivity index (χ3v) is 1.50. The number of likely N-dealkylation sites (tertiary alicyclic amines) is 1. The van der Waals surface area contributed by atoms with Crippen LogP contribution in [0.3, 0.4) is 0 Å². The lowest BCUT2D eigenvalue weighted by molar-refractivity contribution is 0.188. The van der Waals surface area contributed by atoms with Gasteiger partial charge < -0.3 is 15.7 Å². The van der Waals surface area contributed by atoms with Gasteiger partial charge in [0.25, 0.3) is 0 Å². The summed E-state index contributed by atoms with van der Waals surface area (Å²) in [4.78, 5) is 1.66. The van der Waals surface area contributed by atoms with Crippen LogP contribution in [0.1, 0.15) is 6.42 Å². The molecular weight excluding hydrogens is 214 g/mol. The molecule has 0 spiro atoms. The van der Waals surface area contributed by atoms with E-state index in [1.54, 1.807) is 4.90 Å². The molecule has 1 aliphatic heterocycles. The monoisotopic (exact) mass is 227 g/mol. The molecule has 1 rings (SSSR count). The van der Waals surface area contributed by atoms with Gasteiger partial charge in [0.1, 0.15) is 0 Å². The molecule has 1 saturated heterocycles. The summed E-state index contributed by atoms with van der Waals surface area (Å²) in [6.45, 7) is 1.24. The summed E-state index contributed by atoms with van der Waals surface area (Å²) < 4.78 is 31.6. The van der Waals surface area contributed by atoms with Crippen molar-refractivity contribution in [3.8, 4) is 0 Å². The van der Waals surface area contributed by atoms with Crippen LogP contribution in [0.25, 0.3) is 0 Å². The zero-order chi connectivity index (χ0) is 11.4. The van der Waals surface area contributed by atoms with Gasteiger partial charge in [-0.1, -0.05) is 0 Å². The second-order valence-corrected chi connectivity index (χ2v) is 3.62. The molecule has 1 aliphatic rings. The number of rotatable bonds is 0. The number of hydrogen-bond donors (Lipinski definition) is 5. The quantitative estimate of drug-likeness (QED) is 0.188. The average Bonchev–Trinajstić information content (AvgIpc) is 2.31. The smallest absolute Gasteiger partial charge is 0.391 e. The molecule has 1 heterocycles. The number of guanidine groups is 1. The lowest BCUT2D eigenvalue weighted by atomic mass is 10.3. The molecule has 8 nitrogen and oxygen atoms in total. The Kier molecular flexibility index (Phi) is 4.77. The van der Waals surface area contributed by atoms with Crippen LogP contribution in [0, 0.1) is 5.41 Å². The van der Waals surface area contributed by atoms with Crippen molar-refractivity contribution in [2.45, 2.75) is 12.5 Å². The predicted molar refractivity (Wildman–Crippen MR) is 48.3 cm³/mol. The Bertz CT molecular complexity index is 282. The van der Waals surface area contributed by atoms with Crippen molar-refractivity contribution >= 4 is 16.4 Å². The highest BCUT2D eigenvalue weighted by molar-refractivity contribution is 7.79. The minimum atomic E-state index is -4.67. The molecule has 14 heavy (non-hydrogen) atoms. The van der Waals surface area contributed by atoms with Crippen molar-refractivity contribution in [3.05, 3.63) is 0 Å². The molecule has 0 aromatic heterocycles. The van der Waals surface area contributed by atoms with Crippen LogP contribution in [-0.4, -0.2) is 52.7 Å². The van der Waals surface area contributed by atoms with Crippen LogP contribution in [0.15, 0.2) is 0 Å². The summed E-state index contributed by atoms with van der Waals surface area (Å²) in [7, 11) is -4.67. The molecule has 0 aromatic rings. The minimum absolute atomic E-state index is 0.0616. The van der Waals surface area contributed by atoms with E-state index in [1.165, 1.54) is 0 Å². The highest BCUT2D eigenvalue weighted by Gasteiger charge is 2.20. The Morgan fingerprint density at radius 2 is 1.93 bits per heavy atom. The van der Waals surface area contributed by atoms with Gasteiger partial charge in [-0.3, -0.25) is 14.5 Å². The van der Waals surface area contributed by atoms with E-state index in [2.05, 4.69) is 0 Å². The molecule has 0 saturated carbocycles. The van der Waals surface area contributed by atoms with E-state index in [4.69, 9.17) is 33.8 Å². The fourth-order valence-corrected chi connectivity index (χ4v) is 0.961. The van der Waals surface area contributed by atoms with Crippen molar-refractivity contribution in [1.29, 1.82) is 5.41 Å². The zero-order valence-corrected chi connectivity index (χ0v) is 8.11. The number of nitrogens with one attached hydrogen (secondary N) is 1. The second-order valence-electron chi connectivity index (χ2n) is 2.72. The maximum absolute atomic E-state index is 8.95. The fraction of sp³-hybridized carbons (Fsp3) is 0.800. The van der Waals surface area contributed by atoms with Crippen molar-refractivity contribution in [2.24, 2.45) is 5.73 Å². The van der Waals surface area contributed by atoms with E-state index < -0.39 is 10.4 Å². The number of aliphatic hydroxyl groups is 1. The average molecular weight is 227 g/mol. The Morgan fingerprint density at radius 3 is 2.07 bits per heavy atom. The summed E-state index contributed by atoms with van der Waals surface area (Å²) in [6.07, 6.45) is 0.452. The van der Waals surface area contributed by atoms with Gasteiger partial charge in [-0.25, -0.2) is 0 Å². The molecule has 1 atom stereocenters. The van der Waals surface area contributed by atoms with Gasteiger partial charge in [0.05, 0.1) is 6.10 Å². The highest BCUT2D eigenvalue weighted by Crippen LogP contribution is 2.06. The Labute approximate surface area is 81.4 Å². The Balaban J connectivity index is 0.000000292. The highest BCUT2D eigenvalue weighted by atomic mass is 32.3. The van der Waals surface area contributed by atoms with E-state index in [9.17, 15) is 0 Å². The number of β-amino-alcohol motifs (C(OH)–C–C–N with tert-alkyl or cyclic N) is 1. The van der Waals surface area contributed by atoms with Gasteiger partial charge >= 0.3 is 10.4 Å². The minimum Gasteiger partial charge on any atom is -0.391 e. The van der Waals surface area contributed by atoms with Crippen LogP contribution >= 0.6 is 0 Å². The lowest BCUT2D eigenvalue weighted by Gasteiger charge is -2.13. The largest absolute Gasteiger partial charge is 0.394 e. The van der Waals surface area contributed by atoms with Crippen LogP contribution in [0.2, 0.25) is 0 Å². The van der Waals surface area contributed by atoms with Crippen LogP contribution < -0.4 is 5.73 Å². The van der Waals surface area contributed by atoms with Crippen molar-refractivity contribution in [2.75, 3.05) is 13.1 Å². The van der Waals surface area contributed by atoms with Gasteiger partial charge in [0.15, 0.2) is 5.96 Å². The standard InChI is InChI=1S/C5H11N3O.H2O4S/c6-5(7)8-2-1-4(9)3-8;1-5(2,3)4/h4,9H,1-3H2,(H3,6,7);(H2,1,2,3,4). The van der Waals surface area contributed by atoms with Crippen molar-refractivity contribution < 1.29 is 22.6 Å². The van der Waals surface area contributed by atoms with E-state index in [1.807, 2.05) is 0 Å². The summed E-state index contributed by atoms with van der Waals surface area (Å²) in [5.74, 6) is 0.0616. The first-order chi connectivity index (χ1) is 6.20. The first kappa shape index (κ1) is 13.1. The number of hydrogen-bond acceptors (Lipinski definition) is 4. The maximum atomic E-state index is 8.95. The summed E-state index contributed by atoms with van der Waals surface area (Å²) in [6, 6.07) is 0. The third-order valence-electron chi connectivity index (χ3n) is 1.50. The fourth-order valence-electron chi connectivity index (χ4n) is 0.961. The van der Waals surface area contributed by atoms with Gasteiger partial charge in [-0.2, -0.15) is 8.42 Å². The van der Waals surface area contributed by atoms with Gasteiger partial charge in [0.2, 0.25) is 0 Å². The van der Waals surface area contributed by atoms with Gasteiger partial charge in [-0.05, 0) is 6.42 Å². The first-order valence-electron chi connectivity index (χ1n) is 3.67. The summed E-state index contributed by atoms with van der Waals surface area (Å²) >= 11 is 0. The lowest BCUT2D eigenvalue weighted by Crippen LogP contribution is -2.34. The molecular formula is C5H13N3O5S. The van der Waals surface area contributed by atoms with Crippen LogP contribution in [0.4, 0.5) is 0 Å². The summed E-state index contributed by atoms with van der Waals surface area (Å²) in [5, 5.41) is 15.9. The molecule has 0 aromatic carbocycles. The third kappa shape index (κ3) is 7.73. The van der Waals surface area contributed by atoms with Gasteiger partial charge in [0, 0.05) is 13.1 Å². The normalized spacial score (nSPS) is 21.4. The molecule has 1 fully saturated rings. The van der Waals surface area contributed by atoms with E-state index in [-0.39, 0.29) is 12.1 Å². The first-order valence-corrected chi connectivity index (χ1v) is 5.06. The Hall–Kier alpha value is -0.900. The Morgan fingerprint density at radius 1 is 1.50 bits per heavy atom. The van der Waals surface area contributed by atoms with Crippen LogP contribution in [-0.2, 0) is 10.4 Å². The topological polar surface area (TPSA) is 148 Å². The molecule has 0 bridgehead atoms. The van der Waals surface area contributed by atoms with Crippen molar-refractivity contribution in [1.82, 2.24) is 4.90 Å². The molecule has 6 N–H and O–H groups in total. The number of nitrogens with two attached hydrogens (primary N) is 1. The molecule has 84 valence electrons. The predicted octanol–water partition coefficient (Wildman–Crippen LogP) is -1.71. The molecule has 0 radical (unpaired) electrons. The summed E-state index contributed by atoms with van der Waals surface area (Å²) in [5.41, 5.74) is 5.16. The van der Waals surface area contributed by atoms with Crippen LogP contribution in [0.5, 0.6) is 0 Å². The van der Waals surface area contributed by atoms with Gasteiger partial charge in [-0.15, -0.1) is 0 Å². The molecule has 9 heteroatoms.